The lowest BCUT2D eigenvalue weighted by atomic mass is 10.2. The summed E-state index contributed by atoms with van der Waals surface area (Å²) >= 11 is 0. The molecule has 0 atom stereocenters. The molecule has 4 rings (SSSR count). The molecule has 0 aliphatic heterocycles. The van der Waals surface area contributed by atoms with E-state index >= 15 is 0 Å². The van der Waals surface area contributed by atoms with Crippen LogP contribution in [0.5, 0.6) is 17.2 Å². The molecule has 0 bridgehead atoms. The normalized spacial score (nSPS) is 10.7. The third-order valence-corrected chi connectivity index (χ3v) is 3.92. The molecule has 0 unspecified atom stereocenters. The smallest absolute Gasteiger partial charge is 0.289 e. The first-order valence-corrected chi connectivity index (χ1v) is 8.02. The van der Waals surface area contributed by atoms with Crippen molar-refractivity contribution >= 4 is 22.3 Å². The number of H-pyrrole nitrogens is 1. The largest absolute Gasteiger partial charge is 0.497 e. The van der Waals surface area contributed by atoms with E-state index in [4.69, 9.17) is 14.0 Å². The number of methoxy groups -OCH3 is 1. The highest BCUT2D eigenvalue weighted by Gasteiger charge is 2.09. The first-order chi connectivity index (χ1) is 12.7. The van der Waals surface area contributed by atoms with Gasteiger partial charge in [0.1, 0.15) is 22.6 Å². The second-order valence-electron chi connectivity index (χ2n) is 5.64. The number of hydrogen-bond donors (Lipinski definition) is 2. The van der Waals surface area contributed by atoms with Gasteiger partial charge in [0.2, 0.25) is 0 Å². The summed E-state index contributed by atoms with van der Waals surface area (Å²) in [7, 11) is 1.62. The van der Waals surface area contributed by atoms with E-state index in [2.05, 4.69) is 10.5 Å². The molecule has 3 aromatic carbocycles. The SMILES string of the molecule is COc1cccc(Oc2ccc(Nc3cccc4o[nH]c(=O)c34)cc2)c1. The van der Waals surface area contributed by atoms with Crippen molar-refractivity contribution in [2.75, 3.05) is 12.4 Å². The second-order valence-corrected chi connectivity index (χ2v) is 5.64. The van der Waals surface area contributed by atoms with E-state index in [0.29, 0.717) is 28.2 Å². The molecule has 0 radical (unpaired) electrons. The minimum absolute atomic E-state index is 0.263. The summed E-state index contributed by atoms with van der Waals surface area (Å²) in [6.07, 6.45) is 0. The summed E-state index contributed by atoms with van der Waals surface area (Å²) in [5.41, 5.74) is 1.76. The zero-order chi connectivity index (χ0) is 17.9. The van der Waals surface area contributed by atoms with E-state index in [-0.39, 0.29) is 5.56 Å². The van der Waals surface area contributed by atoms with Crippen molar-refractivity contribution in [2.24, 2.45) is 0 Å². The van der Waals surface area contributed by atoms with E-state index in [9.17, 15) is 4.79 Å². The number of hydrogen-bond acceptors (Lipinski definition) is 5. The highest BCUT2D eigenvalue weighted by Crippen LogP contribution is 2.28. The zero-order valence-corrected chi connectivity index (χ0v) is 14.0. The first kappa shape index (κ1) is 15.8. The Kier molecular flexibility index (Phi) is 4.07. The average Bonchev–Trinajstić information content (AvgIpc) is 3.06. The van der Waals surface area contributed by atoms with Crippen LogP contribution in [0.15, 0.2) is 76.0 Å². The van der Waals surface area contributed by atoms with Crippen LogP contribution in [0.1, 0.15) is 0 Å². The quantitative estimate of drug-likeness (QED) is 0.548. The minimum atomic E-state index is -0.263. The number of aromatic nitrogens is 1. The lowest BCUT2D eigenvalue weighted by Crippen LogP contribution is -2.01. The maximum absolute atomic E-state index is 11.9. The Morgan fingerprint density at radius 3 is 2.50 bits per heavy atom. The maximum Gasteiger partial charge on any atom is 0.289 e. The summed E-state index contributed by atoms with van der Waals surface area (Å²) in [6.45, 7) is 0. The van der Waals surface area contributed by atoms with Crippen LogP contribution in [0.4, 0.5) is 11.4 Å². The Labute approximate surface area is 148 Å². The fraction of sp³-hybridized carbons (Fsp3) is 0.0500. The maximum atomic E-state index is 11.9. The number of fused-ring (bicyclic) bond motifs is 1. The van der Waals surface area contributed by atoms with E-state index < -0.39 is 0 Å². The van der Waals surface area contributed by atoms with Crippen molar-refractivity contribution in [3.8, 4) is 17.2 Å². The molecular weight excluding hydrogens is 332 g/mol. The topological polar surface area (TPSA) is 76.5 Å². The molecule has 1 heterocycles. The van der Waals surface area contributed by atoms with Gasteiger partial charge < -0.3 is 19.3 Å². The van der Waals surface area contributed by atoms with E-state index in [0.717, 1.165) is 11.4 Å². The molecule has 0 amide bonds. The van der Waals surface area contributed by atoms with Gasteiger partial charge in [-0.25, -0.2) is 0 Å². The average molecular weight is 348 g/mol. The molecule has 4 aromatic rings. The zero-order valence-electron chi connectivity index (χ0n) is 14.0. The van der Waals surface area contributed by atoms with E-state index in [1.54, 1.807) is 13.2 Å². The fourth-order valence-corrected chi connectivity index (χ4v) is 2.67. The van der Waals surface area contributed by atoms with Crippen LogP contribution < -0.4 is 20.3 Å². The molecule has 0 saturated heterocycles. The van der Waals surface area contributed by atoms with Crippen LogP contribution in [0.3, 0.4) is 0 Å². The van der Waals surface area contributed by atoms with Crippen molar-refractivity contribution in [3.63, 3.8) is 0 Å². The number of ether oxygens (including phenoxy) is 2. The van der Waals surface area contributed by atoms with Crippen molar-refractivity contribution in [1.82, 2.24) is 5.16 Å². The Hall–Kier alpha value is -3.67. The molecule has 0 saturated carbocycles. The van der Waals surface area contributed by atoms with Gasteiger partial charge in [0, 0.05) is 11.8 Å². The molecule has 26 heavy (non-hydrogen) atoms. The summed E-state index contributed by atoms with van der Waals surface area (Å²) < 4.78 is 16.1. The van der Waals surface area contributed by atoms with Gasteiger partial charge in [-0.2, -0.15) is 5.16 Å². The Morgan fingerprint density at radius 2 is 1.69 bits per heavy atom. The highest BCUT2D eigenvalue weighted by molar-refractivity contribution is 5.91. The summed E-state index contributed by atoms with van der Waals surface area (Å²) in [6, 6.07) is 20.2. The van der Waals surface area contributed by atoms with Gasteiger partial charge in [-0.05, 0) is 48.5 Å². The highest BCUT2D eigenvalue weighted by atomic mass is 16.5. The van der Waals surface area contributed by atoms with Crippen molar-refractivity contribution in [2.45, 2.75) is 0 Å². The molecule has 2 N–H and O–H groups in total. The predicted octanol–water partition coefficient (Wildman–Crippen LogP) is 4.67. The molecule has 6 heteroatoms. The van der Waals surface area contributed by atoms with Crippen molar-refractivity contribution < 1.29 is 14.0 Å². The number of aromatic amines is 1. The third kappa shape index (κ3) is 3.12. The Bertz CT molecular complexity index is 1100. The standard InChI is InChI=1S/C20H16N2O4/c1-24-15-4-2-5-16(12-15)25-14-10-8-13(9-11-14)21-17-6-3-7-18-19(17)20(23)22-26-18/h2-12,21H,1H3,(H,22,23). The summed E-state index contributed by atoms with van der Waals surface area (Å²) in [5, 5.41) is 6.07. The molecule has 1 aromatic heterocycles. The van der Waals surface area contributed by atoms with Crippen LogP contribution in [0.2, 0.25) is 0 Å². The van der Waals surface area contributed by atoms with Crippen LogP contribution in [-0.2, 0) is 0 Å². The second kappa shape index (κ2) is 6.68. The molecule has 6 nitrogen and oxygen atoms in total. The van der Waals surface area contributed by atoms with Gasteiger partial charge in [0.25, 0.3) is 5.56 Å². The summed E-state index contributed by atoms with van der Waals surface area (Å²) in [5.74, 6) is 2.13. The first-order valence-electron chi connectivity index (χ1n) is 8.02. The van der Waals surface area contributed by atoms with Gasteiger partial charge in [0.15, 0.2) is 5.58 Å². The van der Waals surface area contributed by atoms with E-state index in [1.165, 1.54) is 0 Å². The Balaban J connectivity index is 1.54. The van der Waals surface area contributed by atoms with Gasteiger partial charge in [0.05, 0.1) is 12.8 Å². The van der Waals surface area contributed by atoms with Crippen LogP contribution in [0.25, 0.3) is 11.0 Å². The number of nitrogens with one attached hydrogen (secondary N) is 2. The monoisotopic (exact) mass is 348 g/mol. The molecular formula is C20H16N2O4. The lowest BCUT2D eigenvalue weighted by Gasteiger charge is -2.10. The van der Waals surface area contributed by atoms with Gasteiger partial charge in [-0.15, -0.1) is 0 Å². The Morgan fingerprint density at radius 1 is 0.923 bits per heavy atom. The van der Waals surface area contributed by atoms with Crippen LogP contribution in [-0.4, -0.2) is 12.3 Å². The van der Waals surface area contributed by atoms with Crippen LogP contribution in [0, 0.1) is 0 Å². The predicted molar refractivity (Wildman–Crippen MR) is 99.6 cm³/mol. The molecule has 0 aliphatic rings. The van der Waals surface area contributed by atoms with E-state index in [1.807, 2.05) is 60.7 Å². The fourth-order valence-electron chi connectivity index (χ4n) is 2.67. The molecule has 0 aliphatic carbocycles. The summed E-state index contributed by atoms with van der Waals surface area (Å²) in [4.78, 5) is 11.9. The minimum Gasteiger partial charge on any atom is -0.497 e. The van der Waals surface area contributed by atoms with Crippen molar-refractivity contribution in [1.29, 1.82) is 0 Å². The van der Waals surface area contributed by atoms with Crippen molar-refractivity contribution in [3.05, 3.63) is 77.1 Å². The lowest BCUT2D eigenvalue weighted by molar-refractivity contribution is 0.409. The number of rotatable bonds is 5. The molecule has 130 valence electrons. The van der Waals surface area contributed by atoms with Gasteiger partial charge in [-0.3, -0.25) is 4.79 Å². The molecule has 0 spiro atoms. The van der Waals surface area contributed by atoms with Gasteiger partial charge in [-0.1, -0.05) is 12.1 Å². The number of benzene rings is 3. The number of anilines is 2. The third-order valence-electron chi connectivity index (χ3n) is 3.92. The van der Waals surface area contributed by atoms with Crippen LogP contribution >= 0.6 is 0 Å². The van der Waals surface area contributed by atoms with Gasteiger partial charge >= 0.3 is 0 Å². The molecule has 0 fully saturated rings.